The molecule has 2 aliphatic carbocycles. The van der Waals surface area contributed by atoms with Crippen LogP contribution in [0.5, 0.6) is 0 Å². The molecule has 0 aromatic heterocycles. The van der Waals surface area contributed by atoms with Crippen molar-refractivity contribution in [2.24, 2.45) is 5.92 Å². The van der Waals surface area contributed by atoms with Gasteiger partial charge in [-0.2, -0.15) is 0 Å². The molecule has 2 atom stereocenters. The van der Waals surface area contributed by atoms with Crippen LogP contribution in [-0.2, 0) is 20.9 Å². The van der Waals surface area contributed by atoms with E-state index < -0.39 is 6.09 Å². The number of rotatable bonds is 7. The summed E-state index contributed by atoms with van der Waals surface area (Å²) in [4.78, 5) is 44.5. The van der Waals surface area contributed by atoms with Crippen molar-refractivity contribution in [3.8, 4) is 0 Å². The first-order chi connectivity index (χ1) is 17.6. The van der Waals surface area contributed by atoms with Crippen molar-refractivity contribution in [3.63, 3.8) is 0 Å². The zero-order chi connectivity index (χ0) is 24.9. The highest BCUT2D eigenvalue weighted by Gasteiger charge is 2.46. The Hall–Kier alpha value is -3.35. The Kier molecular flexibility index (Phi) is 7.54. The summed E-state index contributed by atoms with van der Waals surface area (Å²) in [6.07, 6.45) is 4.41. The molecule has 2 aromatic rings. The SMILES string of the molecule is O=C(CN(C(=O)OCc1ccccc1)C1CCCC1)N1CCN(C(=O)C2CC2c2ccccc2)CC1. The van der Waals surface area contributed by atoms with Gasteiger partial charge in [0.25, 0.3) is 0 Å². The summed E-state index contributed by atoms with van der Waals surface area (Å²) in [6, 6.07) is 19.9. The second-order valence-electron chi connectivity index (χ2n) is 10.2. The van der Waals surface area contributed by atoms with Gasteiger partial charge in [0.15, 0.2) is 0 Å². The highest BCUT2D eigenvalue weighted by atomic mass is 16.6. The van der Waals surface area contributed by atoms with Gasteiger partial charge in [0.05, 0.1) is 0 Å². The molecule has 2 saturated carbocycles. The van der Waals surface area contributed by atoms with E-state index >= 15 is 0 Å². The van der Waals surface area contributed by atoms with E-state index in [9.17, 15) is 14.4 Å². The standard InChI is InChI=1S/C29H35N3O4/c33-27(20-32(24-13-7-8-14-24)29(35)36-21-22-9-3-1-4-10-22)30-15-17-31(18-16-30)28(34)26-19-25(26)23-11-5-2-6-12-23/h1-6,9-12,24-26H,7-8,13-21H2. The van der Waals surface area contributed by atoms with E-state index in [1.165, 1.54) is 5.56 Å². The molecule has 2 unspecified atom stereocenters. The Morgan fingerprint density at radius 1 is 0.833 bits per heavy atom. The summed E-state index contributed by atoms with van der Waals surface area (Å²) < 4.78 is 5.58. The molecule has 36 heavy (non-hydrogen) atoms. The van der Waals surface area contributed by atoms with E-state index in [1.54, 1.807) is 9.80 Å². The van der Waals surface area contributed by atoms with Crippen molar-refractivity contribution >= 4 is 17.9 Å². The lowest BCUT2D eigenvalue weighted by Crippen LogP contribution is -2.54. The van der Waals surface area contributed by atoms with Gasteiger partial charge >= 0.3 is 6.09 Å². The normalized spacial score (nSPS) is 21.8. The van der Waals surface area contributed by atoms with Crippen molar-refractivity contribution in [1.29, 1.82) is 0 Å². The molecule has 7 nitrogen and oxygen atoms in total. The van der Waals surface area contributed by atoms with Crippen molar-refractivity contribution in [2.75, 3.05) is 32.7 Å². The minimum Gasteiger partial charge on any atom is -0.445 e. The highest BCUT2D eigenvalue weighted by Crippen LogP contribution is 2.48. The summed E-state index contributed by atoms with van der Waals surface area (Å²) in [5.41, 5.74) is 2.16. The quantitative estimate of drug-likeness (QED) is 0.589. The molecular weight excluding hydrogens is 454 g/mol. The molecule has 1 heterocycles. The number of amides is 3. The Balaban J connectivity index is 1.12. The van der Waals surface area contributed by atoms with Gasteiger partial charge in [-0.15, -0.1) is 0 Å². The van der Waals surface area contributed by atoms with Crippen molar-refractivity contribution < 1.29 is 19.1 Å². The first-order valence-corrected chi connectivity index (χ1v) is 13.2. The molecule has 0 bridgehead atoms. The van der Waals surface area contributed by atoms with Crippen molar-refractivity contribution in [2.45, 2.75) is 50.7 Å². The monoisotopic (exact) mass is 489 g/mol. The first kappa shape index (κ1) is 24.3. The van der Waals surface area contributed by atoms with E-state index in [0.29, 0.717) is 32.1 Å². The molecule has 0 spiro atoms. The van der Waals surface area contributed by atoms with Crippen LogP contribution in [0.3, 0.4) is 0 Å². The molecule has 0 N–H and O–H groups in total. The zero-order valence-corrected chi connectivity index (χ0v) is 20.8. The lowest BCUT2D eigenvalue weighted by atomic mass is 10.1. The van der Waals surface area contributed by atoms with E-state index in [1.807, 2.05) is 53.4 Å². The number of piperazine rings is 1. The maximum absolute atomic E-state index is 13.2. The molecule has 0 radical (unpaired) electrons. The summed E-state index contributed by atoms with van der Waals surface area (Å²) in [5, 5.41) is 0. The van der Waals surface area contributed by atoms with Crippen molar-refractivity contribution in [1.82, 2.24) is 14.7 Å². The van der Waals surface area contributed by atoms with Crippen LogP contribution in [-0.4, -0.2) is 71.4 Å². The maximum atomic E-state index is 13.2. The van der Waals surface area contributed by atoms with Gasteiger partial charge in [-0.25, -0.2) is 4.79 Å². The van der Waals surface area contributed by atoms with Gasteiger partial charge in [-0.1, -0.05) is 73.5 Å². The fraction of sp³-hybridized carbons (Fsp3) is 0.483. The van der Waals surface area contributed by atoms with Crippen LogP contribution >= 0.6 is 0 Å². The Morgan fingerprint density at radius 2 is 1.44 bits per heavy atom. The van der Waals surface area contributed by atoms with E-state index in [-0.39, 0.29) is 36.9 Å². The number of nitrogens with zero attached hydrogens (tertiary/aromatic N) is 3. The molecule has 3 fully saturated rings. The molecule has 2 aromatic carbocycles. The molecule has 7 heteroatoms. The van der Waals surface area contributed by atoms with Crippen LogP contribution in [0.2, 0.25) is 0 Å². The number of benzene rings is 2. The number of carbonyl (C=O) groups excluding carboxylic acids is 3. The van der Waals surface area contributed by atoms with Crippen LogP contribution in [0, 0.1) is 5.92 Å². The van der Waals surface area contributed by atoms with Crippen molar-refractivity contribution in [3.05, 3.63) is 71.8 Å². The summed E-state index contributed by atoms with van der Waals surface area (Å²) >= 11 is 0. The van der Waals surface area contributed by atoms with E-state index in [2.05, 4.69) is 12.1 Å². The average molecular weight is 490 g/mol. The molecule has 190 valence electrons. The molecular formula is C29H35N3O4. The van der Waals surface area contributed by atoms with Gasteiger partial charge in [0.2, 0.25) is 11.8 Å². The number of ether oxygens (including phenoxy) is 1. The summed E-state index contributed by atoms with van der Waals surface area (Å²) in [6.45, 7) is 2.33. The number of carbonyl (C=O) groups is 3. The van der Waals surface area contributed by atoms with Gasteiger partial charge in [-0.05, 0) is 36.3 Å². The topological polar surface area (TPSA) is 70.2 Å². The zero-order valence-electron chi connectivity index (χ0n) is 20.8. The maximum Gasteiger partial charge on any atom is 0.410 e. The highest BCUT2D eigenvalue weighted by molar-refractivity contribution is 5.85. The minimum atomic E-state index is -0.423. The van der Waals surface area contributed by atoms with Crippen LogP contribution < -0.4 is 0 Å². The third kappa shape index (κ3) is 5.72. The van der Waals surface area contributed by atoms with Gasteiger partial charge < -0.3 is 14.5 Å². The predicted octanol–water partition coefficient (Wildman–Crippen LogP) is 4.04. The van der Waals surface area contributed by atoms with Crippen LogP contribution in [0.4, 0.5) is 4.79 Å². The van der Waals surface area contributed by atoms with Gasteiger partial charge in [-0.3, -0.25) is 14.5 Å². The molecule has 1 aliphatic heterocycles. The smallest absolute Gasteiger partial charge is 0.410 e. The molecule has 1 saturated heterocycles. The van der Waals surface area contributed by atoms with E-state index in [4.69, 9.17) is 4.74 Å². The van der Waals surface area contributed by atoms with E-state index in [0.717, 1.165) is 37.7 Å². The number of hydrogen-bond acceptors (Lipinski definition) is 4. The fourth-order valence-electron chi connectivity index (χ4n) is 5.55. The second-order valence-corrected chi connectivity index (χ2v) is 10.2. The Morgan fingerprint density at radius 3 is 2.11 bits per heavy atom. The first-order valence-electron chi connectivity index (χ1n) is 13.2. The lowest BCUT2D eigenvalue weighted by molar-refractivity contribution is -0.141. The van der Waals surface area contributed by atoms with Crippen LogP contribution in [0.1, 0.15) is 49.1 Å². The third-order valence-electron chi connectivity index (χ3n) is 7.79. The summed E-state index contributed by atoms with van der Waals surface area (Å²) in [7, 11) is 0. The summed E-state index contributed by atoms with van der Waals surface area (Å²) in [5.74, 6) is 0.513. The number of hydrogen-bond donors (Lipinski definition) is 0. The molecule has 5 rings (SSSR count). The third-order valence-corrected chi connectivity index (χ3v) is 7.79. The largest absolute Gasteiger partial charge is 0.445 e. The second kappa shape index (κ2) is 11.1. The lowest BCUT2D eigenvalue weighted by Gasteiger charge is -2.36. The Bertz CT molecular complexity index is 1050. The van der Waals surface area contributed by atoms with Gasteiger partial charge in [0.1, 0.15) is 13.2 Å². The minimum absolute atomic E-state index is 0.0327. The Labute approximate surface area is 213 Å². The fourth-order valence-corrected chi connectivity index (χ4v) is 5.55. The van der Waals surface area contributed by atoms with Crippen LogP contribution in [0.25, 0.3) is 0 Å². The average Bonchev–Trinajstić information content (AvgIpc) is 3.55. The molecule has 3 aliphatic rings. The van der Waals surface area contributed by atoms with Gasteiger partial charge in [0, 0.05) is 38.1 Å². The predicted molar refractivity (Wildman–Crippen MR) is 136 cm³/mol. The molecule has 3 amide bonds. The van der Waals surface area contributed by atoms with Crippen LogP contribution in [0.15, 0.2) is 60.7 Å².